The van der Waals surface area contributed by atoms with Gasteiger partial charge in [-0.15, -0.1) is 0 Å². The number of para-hydroxylation sites is 1. The first-order valence-electron chi connectivity index (χ1n) is 10.1. The van der Waals surface area contributed by atoms with Gasteiger partial charge in [-0.3, -0.25) is 9.36 Å². The van der Waals surface area contributed by atoms with Gasteiger partial charge < -0.3 is 25.8 Å². The highest BCUT2D eigenvalue weighted by Gasteiger charge is 2.34. The van der Waals surface area contributed by atoms with Crippen LogP contribution in [0.1, 0.15) is 12.8 Å². The van der Waals surface area contributed by atoms with E-state index in [2.05, 4.69) is 10.6 Å². The van der Waals surface area contributed by atoms with Gasteiger partial charge in [-0.2, -0.15) is 0 Å². The van der Waals surface area contributed by atoms with Crippen molar-refractivity contribution in [2.45, 2.75) is 23.8 Å². The standard InChI is InChI=1S/C22H23N5O4S/c1-32(31)15-7-4-6-14(12-15)24-20(28)19-10-5-11-26(19)22(30)25-17-13-27(21(23)29)18-9-3-2-8-16(17)18/h2-4,6-9,12-13,19H,5,10-11H2,1H3,(H2,23,29)(H,24,28)(H,25,30)/t19-,32?/m0/s1. The molecule has 0 radical (unpaired) electrons. The topological polar surface area (TPSA) is 133 Å². The summed E-state index contributed by atoms with van der Waals surface area (Å²) in [5, 5.41) is 6.30. The highest BCUT2D eigenvalue weighted by Crippen LogP contribution is 2.27. The number of rotatable bonds is 4. The van der Waals surface area contributed by atoms with Crippen LogP contribution < -0.4 is 16.4 Å². The third kappa shape index (κ3) is 4.27. The van der Waals surface area contributed by atoms with Crippen molar-refractivity contribution in [3.05, 3.63) is 54.7 Å². The predicted molar refractivity (Wildman–Crippen MR) is 123 cm³/mol. The number of aromatic nitrogens is 1. The van der Waals surface area contributed by atoms with E-state index in [4.69, 9.17) is 5.73 Å². The molecule has 0 saturated carbocycles. The zero-order valence-electron chi connectivity index (χ0n) is 17.4. The van der Waals surface area contributed by atoms with Crippen molar-refractivity contribution in [1.29, 1.82) is 0 Å². The monoisotopic (exact) mass is 453 g/mol. The minimum absolute atomic E-state index is 0.309. The van der Waals surface area contributed by atoms with Crippen LogP contribution in [-0.2, 0) is 16.0 Å². The van der Waals surface area contributed by atoms with Crippen molar-refractivity contribution < 1.29 is 18.9 Å². The molecular weight excluding hydrogens is 430 g/mol. The molecule has 4 amide bonds. The van der Waals surface area contributed by atoms with E-state index in [1.165, 1.54) is 15.7 Å². The van der Waals surface area contributed by atoms with Crippen LogP contribution in [0.2, 0.25) is 0 Å². The Balaban J connectivity index is 1.51. The van der Waals surface area contributed by atoms with E-state index in [9.17, 15) is 18.9 Å². The van der Waals surface area contributed by atoms with Crippen molar-refractivity contribution >= 4 is 51.4 Å². The number of benzene rings is 2. The summed E-state index contributed by atoms with van der Waals surface area (Å²) in [4.78, 5) is 39.7. The van der Waals surface area contributed by atoms with E-state index in [1.54, 1.807) is 54.8 Å². The second-order valence-corrected chi connectivity index (χ2v) is 8.90. The highest BCUT2D eigenvalue weighted by atomic mass is 32.2. The molecule has 1 unspecified atom stereocenters. The number of carbonyl (C=O) groups is 3. The Hall–Kier alpha value is -3.50. The maximum absolute atomic E-state index is 13.0. The van der Waals surface area contributed by atoms with Gasteiger partial charge in [0.1, 0.15) is 12.3 Å². The first-order valence-corrected chi connectivity index (χ1v) is 11.6. The Morgan fingerprint density at radius 3 is 2.66 bits per heavy atom. The van der Waals surface area contributed by atoms with Crippen molar-refractivity contribution in [1.82, 2.24) is 9.47 Å². The van der Waals surface area contributed by atoms with E-state index >= 15 is 0 Å². The molecule has 9 nitrogen and oxygen atoms in total. The number of carbonyl (C=O) groups excluding carboxylic acids is 3. The fourth-order valence-electron chi connectivity index (χ4n) is 3.91. The summed E-state index contributed by atoms with van der Waals surface area (Å²) in [5.74, 6) is -0.309. The van der Waals surface area contributed by atoms with Gasteiger partial charge in [-0.1, -0.05) is 24.3 Å². The van der Waals surface area contributed by atoms with Gasteiger partial charge in [0, 0.05) is 29.9 Å². The molecule has 4 N–H and O–H groups in total. The molecule has 0 bridgehead atoms. The van der Waals surface area contributed by atoms with Gasteiger partial charge in [-0.05, 0) is 42.2 Å². The first-order chi connectivity index (χ1) is 15.3. The molecule has 10 heteroatoms. The van der Waals surface area contributed by atoms with E-state index in [0.29, 0.717) is 46.6 Å². The zero-order chi connectivity index (χ0) is 22.8. The van der Waals surface area contributed by atoms with Gasteiger partial charge in [-0.25, -0.2) is 9.59 Å². The van der Waals surface area contributed by atoms with Crippen molar-refractivity contribution in [3.8, 4) is 0 Å². The fourth-order valence-corrected chi connectivity index (χ4v) is 4.47. The van der Waals surface area contributed by atoms with Gasteiger partial charge in [0.15, 0.2) is 4.90 Å². The van der Waals surface area contributed by atoms with Crippen molar-refractivity contribution in [2.75, 3.05) is 23.4 Å². The number of hydrogen-bond donors (Lipinski definition) is 3. The Bertz CT molecular complexity index is 1190. The van der Waals surface area contributed by atoms with Crippen LogP contribution >= 0.6 is 0 Å². The fraction of sp³-hybridized carbons (Fsp3) is 0.227. The van der Waals surface area contributed by atoms with Crippen LogP contribution in [0.4, 0.5) is 21.0 Å². The number of anilines is 2. The lowest BCUT2D eigenvalue weighted by Gasteiger charge is -2.24. The summed E-state index contributed by atoms with van der Waals surface area (Å²) in [6.07, 6.45) is 4.26. The Labute approximate surface area is 187 Å². The number of nitrogens with two attached hydrogens (primary N) is 1. The molecule has 1 saturated heterocycles. The summed E-state index contributed by atoms with van der Waals surface area (Å²) >= 11 is -1.17. The number of primary amides is 1. The number of likely N-dealkylation sites (tertiary alicyclic amines) is 1. The molecule has 2 atom stereocenters. The lowest BCUT2D eigenvalue weighted by molar-refractivity contribution is -0.119. The Kier molecular flexibility index (Phi) is 6.06. The van der Waals surface area contributed by atoms with Crippen LogP contribution in [0.3, 0.4) is 0 Å². The Morgan fingerprint density at radius 2 is 1.91 bits per heavy atom. The van der Waals surface area contributed by atoms with Crippen LogP contribution in [0, 0.1) is 0 Å². The zero-order valence-corrected chi connectivity index (χ0v) is 18.2. The number of urea groups is 1. The molecule has 32 heavy (non-hydrogen) atoms. The molecule has 1 aromatic heterocycles. The normalized spacial score (nSPS) is 16.7. The lowest BCUT2D eigenvalue weighted by Crippen LogP contribution is -2.45. The van der Waals surface area contributed by atoms with E-state index in [-0.39, 0.29) is 5.91 Å². The third-order valence-electron chi connectivity index (χ3n) is 5.44. The molecular formula is C22H23N5O4S. The molecule has 3 aromatic rings. The molecule has 1 fully saturated rings. The number of nitrogens with zero attached hydrogens (tertiary/aromatic N) is 2. The summed E-state index contributed by atoms with van der Waals surface area (Å²) in [7, 11) is 0. The van der Waals surface area contributed by atoms with Crippen LogP contribution in [0.5, 0.6) is 0 Å². The summed E-state index contributed by atoms with van der Waals surface area (Å²) in [6, 6.07) is 12.2. The second kappa shape index (κ2) is 8.93. The quantitative estimate of drug-likeness (QED) is 0.524. The molecule has 1 aliphatic rings. The number of amides is 4. The predicted octanol–water partition coefficient (Wildman–Crippen LogP) is 2.94. The number of hydrogen-bond acceptors (Lipinski definition) is 4. The molecule has 1 aliphatic heterocycles. The van der Waals surface area contributed by atoms with E-state index in [0.717, 1.165) is 0 Å². The molecule has 2 heterocycles. The minimum Gasteiger partial charge on any atom is -0.612 e. The first kappa shape index (κ1) is 21.7. The number of fused-ring (bicyclic) bond motifs is 1. The van der Waals surface area contributed by atoms with Crippen LogP contribution in [-0.4, -0.2) is 50.8 Å². The SMILES string of the molecule is C[S+]([O-])c1cccc(NC(=O)[C@@H]2CCCN2C(=O)Nc2cn(C(N)=O)c3ccccc23)c1. The average Bonchev–Trinajstić information content (AvgIpc) is 3.40. The van der Waals surface area contributed by atoms with Gasteiger partial charge in [0.2, 0.25) is 5.91 Å². The summed E-state index contributed by atoms with van der Waals surface area (Å²) < 4.78 is 13.0. The van der Waals surface area contributed by atoms with Crippen LogP contribution in [0.15, 0.2) is 59.6 Å². The van der Waals surface area contributed by atoms with E-state index in [1.807, 2.05) is 0 Å². The van der Waals surface area contributed by atoms with Crippen molar-refractivity contribution in [2.24, 2.45) is 5.73 Å². The maximum Gasteiger partial charge on any atom is 0.323 e. The van der Waals surface area contributed by atoms with E-state index < -0.39 is 29.3 Å². The second-order valence-electron chi connectivity index (χ2n) is 7.52. The highest BCUT2D eigenvalue weighted by molar-refractivity contribution is 7.90. The van der Waals surface area contributed by atoms with Gasteiger partial charge in [0.05, 0.1) is 11.2 Å². The molecule has 0 aliphatic carbocycles. The average molecular weight is 454 g/mol. The van der Waals surface area contributed by atoms with Crippen molar-refractivity contribution in [3.63, 3.8) is 0 Å². The largest absolute Gasteiger partial charge is 0.612 e. The minimum atomic E-state index is -1.17. The van der Waals surface area contributed by atoms with Gasteiger partial charge >= 0.3 is 12.1 Å². The smallest absolute Gasteiger partial charge is 0.323 e. The van der Waals surface area contributed by atoms with Crippen LogP contribution in [0.25, 0.3) is 10.9 Å². The molecule has 4 rings (SSSR count). The third-order valence-corrected chi connectivity index (χ3v) is 6.36. The summed E-state index contributed by atoms with van der Waals surface area (Å²) in [5.41, 5.74) is 6.99. The maximum atomic E-state index is 13.0. The molecule has 166 valence electrons. The summed E-state index contributed by atoms with van der Waals surface area (Å²) in [6.45, 7) is 0.428. The van der Waals surface area contributed by atoms with Gasteiger partial charge in [0.25, 0.3) is 0 Å². The molecule has 0 spiro atoms. The molecule has 2 aromatic carbocycles. The Morgan fingerprint density at radius 1 is 1.12 bits per heavy atom. The lowest BCUT2D eigenvalue weighted by atomic mass is 10.2. The number of nitrogens with one attached hydrogen (secondary N) is 2.